The number of rotatable bonds is 5. The number of carboxylic acid groups (broad SMARTS) is 1. The van der Waals surface area contributed by atoms with Crippen molar-refractivity contribution in [3.8, 4) is 0 Å². The molecule has 0 unspecified atom stereocenters. The molecule has 2 rings (SSSR count). The molecule has 0 amide bonds. The Bertz CT molecular complexity index is 572. The zero-order chi connectivity index (χ0) is 13.8. The Morgan fingerprint density at radius 2 is 2.00 bits per heavy atom. The SMILES string of the molecule is Cc1oc(COCc2ccc(Br)cc2)cc1C(=O)O. The zero-order valence-corrected chi connectivity index (χ0v) is 11.9. The molecule has 0 aliphatic rings. The van der Waals surface area contributed by atoms with Gasteiger partial charge in [-0.25, -0.2) is 4.79 Å². The maximum Gasteiger partial charge on any atom is 0.339 e. The molecule has 0 saturated heterocycles. The lowest BCUT2D eigenvalue weighted by molar-refractivity contribution is 0.0695. The molecule has 0 saturated carbocycles. The van der Waals surface area contributed by atoms with Crippen molar-refractivity contribution in [1.29, 1.82) is 0 Å². The largest absolute Gasteiger partial charge is 0.478 e. The van der Waals surface area contributed by atoms with E-state index in [2.05, 4.69) is 15.9 Å². The number of furan rings is 1. The van der Waals surface area contributed by atoms with Crippen LogP contribution < -0.4 is 0 Å². The number of carbonyl (C=O) groups is 1. The summed E-state index contributed by atoms with van der Waals surface area (Å²) >= 11 is 3.36. The first-order valence-electron chi connectivity index (χ1n) is 5.71. The van der Waals surface area contributed by atoms with Crippen molar-refractivity contribution in [1.82, 2.24) is 0 Å². The van der Waals surface area contributed by atoms with E-state index in [1.165, 1.54) is 6.07 Å². The first kappa shape index (κ1) is 13.8. The molecular formula is C14H13BrO4. The molecular weight excluding hydrogens is 312 g/mol. The molecule has 4 nitrogen and oxygen atoms in total. The van der Waals surface area contributed by atoms with Gasteiger partial charge in [0.15, 0.2) is 0 Å². The summed E-state index contributed by atoms with van der Waals surface area (Å²) in [5.41, 5.74) is 1.23. The number of hydrogen-bond acceptors (Lipinski definition) is 3. The van der Waals surface area contributed by atoms with Gasteiger partial charge < -0.3 is 14.3 Å². The predicted molar refractivity (Wildman–Crippen MR) is 73.0 cm³/mol. The summed E-state index contributed by atoms with van der Waals surface area (Å²) in [6.45, 7) is 2.33. The average Bonchev–Trinajstić information content (AvgIpc) is 2.73. The average molecular weight is 325 g/mol. The molecule has 0 aliphatic carbocycles. The van der Waals surface area contributed by atoms with Crippen LogP contribution in [0, 0.1) is 6.92 Å². The normalized spacial score (nSPS) is 10.6. The molecule has 19 heavy (non-hydrogen) atoms. The van der Waals surface area contributed by atoms with Crippen LogP contribution in [0.1, 0.15) is 27.4 Å². The molecule has 0 atom stereocenters. The predicted octanol–water partition coefficient (Wildman–Crippen LogP) is 3.77. The second-order valence-electron chi connectivity index (χ2n) is 4.11. The van der Waals surface area contributed by atoms with Crippen molar-refractivity contribution in [2.45, 2.75) is 20.1 Å². The van der Waals surface area contributed by atoms with Crippen molar-refractivity contribution in [2.75, 3.05) is 0 Å². The lowest BCUT2D eigenvalue weighted by Gasteiger charge is -2.02. The third kappa shape index (κ3) is 3.68. The second-order valence-corrected chi connectivity index (χ2v) is 5.02. The summed E-state index contributed by atoms with van der Waals surface area (Å²) in [6, 6.07) is 9.30. The van der Waals surface area contributed by atoms with Crippen LogP contribution in [-0.4, -0.2) is 11.1 Å². The smallest absolute Gasteiger partial charge is 0.339 e. The molecule has 0 radical (unpaired) electrons. The molecule has 0 spiro atoms. The first-order valence-corrected chi connectivity index (χ1v) is 6.50. The molecule has 0 fully saturated rings. The number of aromatic carboxylic acids is 1. The van der Waals surface area contributed by atoms with Crippen LogP contribution in [0.25, 0.3) is 0 Å². The van der Waals surface area contributed by atoms with Gasteiger partial charge in [0.1, 0.15) is 23.7 Å². The fraction of sp³-hybridized carbons (Fsp3) is 0.214. The number of carboxylic acids is 1. The Morgan fingerprint density at radius 1 is 1.32 bits per heavy atom. The summed E-state index contributed by atoms with van der Waals surface area (Å²) in [7, 11) is 0. The Kier molecular flexibility index (Phi) is 4.39. The molecule has 1 aromatic carbocycles. The first-order chi connectivity index (χ1) is 9.06. The Labute approximate surface area is 119 Å². The molecule has 5 heteroatoms. The number of benzene rings is 1. The summed E-state index contributed by atoms with van der Waals surface area (Å²) in [5, 5.41) is 8.90. The van der Waals surface area contributed by atoms with Crippen molar-refractivity contribution in [3.63, 3.8) is 0 Å². The molecule has 0 aliphatic heterocycles. The quantitative estimate of drug-likeness (QED) is 0.909. The van der Waals surface area contributed by atoms with E-state index in [0.717, 1.165) is 10.0 Å². The van der Waals surface area contributed by atoms with Gasteiger partial charge in [-0.3, -0.25) is 0 Å². The third-order valence-electron chi connectivity index (χ3n) is 2.63. The van der Waals surface area contributed by atoms with Crippen molar-refractivity contribution in [3.05, 3.63) is 57.5 Å². The van der Waals surface area contributed by atoms with E-state index < -0.39 is 5.97 Å². The van der Waals surface area contributed by atoms with Crippen molar-refractivity contribution < 1.29 is 19.1 Å². The number of hydrogen-bond donors (Lipinski definition) is 1. The minimum atomic E-state index is -0.986. The van der Waals surface area contributed by atoms with Crippen molar-refractivity contribution >= 4 is 21.9 Å². The van der Waals surface area contributed by atoms with Gasteiger partial charge in [0.2, 0.25) is 0 Å². The van der Waals surface area contributed by atoms with Crippen LogP contribution in [0.3, 0.4) is 0 Å². The summed E-state index contributed by atoms with van der Waals surface area (Å²) in [6.07, 6.45) is 0. The van der Waals surface area contributed by atoms with E-state index in [1.807, 2.05) is 24.3 Å². The van der Waals surface area contributed by atoms with E-state index in [-0.39, 0.29) is 12.2 Å². The fourth-order valence-electron chi connectivity index (χ4n) is 1.68. The van der Waals surface area contributed by atoms with Gasteiger partial charge in [0.25, 0.3) is 0 Å². The van der Waals surface area contributed by atoms with E-state index >= 15 is 0 Å². The maximum atomic E-state index is 10.9. The van der Waals surface area contributed by atoms with Gasteiger partial charge in [-0.2, -0.15) is 0 Å². The highest BCUT2D eigenvalue weighted by atomic mass is 79.9. The summed E-state index contributed by atoms with van der Waals surface area (Å²) < 4.78 is 11.8. The second kappa shape index (κ2) is 6.04. The van der Waals surface area contributed by atoms with Crippen LogP contribution in [0.2, 0.25) is 0 Å². The number of halogens is 1. The van der Waals surface area contributed by atoms with Crippen LogP contribution in [0.4, 0.5) is 0 Å². The monoisotopic (exact) mass is 324 g/mol. The molecule has 100 valence electrons. The minimum Gasteiger partial charge on any atom is -0.478 e. The lowest BCUT2D eigenvalue weighted by atomic mass is 10.2. The van der Waals surface area contributed by atoms with Gasteiger partial charge >= 0.3 is 5.97 Å². The molecule has 2 aromatic rings. The minimum absolute atomic E-state index is 0.183. The van der Waals surface area contributed by atoms with Crippen LogP contribution in [-0.2, 0) is 18.0 Å². The van der Waals surface area contributed by atoms with Crippen molar-refractivity contribution in [2.24, 2.45) is 0 Å². The molecule has 0 bridgehead atoms. The number of aryl methyl sites for hydroxylation is 1. The number of ether oxygens (including phenoxy) is 1. The Morgan fingerprint density at radius 3 is 2.58 bits per heavy atom. The zero-order valence-electron chi connectivity index (χ0n) is 10.4. The van der Waals surface area contributed by atoms with E-state index in [9.17, 15) is 4.79 Å². The van der Waals surface area contributed by atoms with Crippen LogP contribution in [0.15, 0.2) is 39.2 Å². The Hall–Kier alpha value is -1.59. The summed E-state index contributed by atoms with van der Waals surface area (Å²) in [5.74, 6) is -0.0674. The van der Waals surface area contributed by atoms with Gasteiger partial charge in [0.05, 0.1) is 6.61 Å². The van der Waals surface area contributed by atoms with Gasteiger partial charge in [0, 0.05) is 4.47 Å². The lowest BCUT2D eigenvalue weighted by Crippen LogP contribution is -1.95. The topological polar surface area (TPSA) is 59.7 Å². The maximum absolute atomic E-state index is 10.9. The van der Waals surface area contributed by atoms with E-state index in [0.29, 0.717) is 18.1 Å². The highest BCUT2D eigenvalue weighted by Gasteiger charge is 2.13. The van der Waals surface area contributed by atoms with Gasteiger partial charge in [-0.15, -0.1) is 0 Å². The highest BCUT2D eigenvalue weighted by Crippen LogP contribution is 2.16. The van der Waals surface area contributed by atoms with Gasteiger partial charge in [-0.1, -0.05) is 28.1 Å². The Balaban J connectivity index is 1.90. The van der Waals surface area contributed by atoms with Crippen LogP contribution in [0.5, 0.6) is 0 Å². The highest BCUT2D eigenvalue weighted by molar-refractivity contribution is 9.10. The molecule has 1 aromatic heterocycles. The molecule has 1 heterocycles. The third-order valence-corrected chi connectivity index (χ3v) is 3.15. The fourth-order valence-corrected chi connectivity index (χ4v) is 1.94. The summed E-state index contributed by atoms with van der Waals surface area (Å²) in [4.78, 5) is 10.9. The van der Waals surface area contributed by atoms with Gasteiger partial charge in [-0.05, 0) is 30.7 Å². The molecule has 1 N–H and O–H groups in total. The van der Waals surface area contributed by atoms with E-state index in [4.69, 9.17) is 14.3 Å². The van der Waals surface area contributed by atoms with Crippen LogP contribution >= 0.6 is 15.9 Å². The standard InChI is InChI=1S/C14H13BrO4/c1-9-13(14(16)17)6-12(19-9)8-18-7-10-2-4-11(15)5-3-10/h2-6H,7-8H2,1H3,(H,16,17). The van der Waals surface area contributed by atoms with E-state index in [1.54, 1.807) is 6.92 Å².